The SMILES string of the molecule is CC(O)[C@@H]1C(=O)N2C(C(=O)O)=C(S[C@@H]3CCNC3)C[C@@H]12. The summed E-state index contributed by atoms with van der Waals surface area (Å²) in [5.41, 5.74) is 0.133. The minimum absolute atomic E-state index is 0.133. The molecule has 0 bridgehead atoms. The first-order valence-electron chi connectivity index (χ1n) is 6.85. The van der Waals surface area contributed by atoms with E-state index in [-0.39, 0.29) is 17.6 Å². The summed E-state index contributed by atoms with van der Waals surface area (Å²) in [6, 6.07) is -0.175. The minimum Gasteiger partial charge on any atom is -0.477 e. The maximum atomic E-state index is 12.0. The molecule has 0 spiro atoms. The highest BCUT2D eigenvalue weighted by molar-refractivity contribution is 8.03. The summed E-state index contributed by atoms with van der Waals surface area (Å²) < 4.78 is 0. The van der Waals surface area contributed by atoms with Crippen LogP contribution in [0, 0.1) is 5.92 Å². The maximum Gasteiger partial charge on any atom is 0.353 e. The number of aliphatic hydroxyl groups excluding tert-OH is 1. The Hall–Kier alpha value is -1.05. The molecule has 110 valence electrons. The third-order valence-electron chi connectivity index (χ3n) is 4.21. The van der Waals surface area contributed by atoms with Crippen LogP contribution in [-0.4, -0.2) is 57.5 Å². The molecular weight excluding hydrogens is 280 g/mol. The van der Waals surface area contributed by atoms with Crippen LogP contribution in [0.2, 0.25) is 0 Å². The van der Waals surface area contributed by atoms with Crippen molar-refractivity contribution in [3.8, 4) is 0 Å². The smallest absolute Gasteiger partial charge is 0.353 e. The molecule has 3 aliphatic rings. The van der Waals surface area contributed by atoms with E-state index in [1.165, 1.54) is 4.90 Å². The van der Waals surface area contributed by atoms with Crippen LogP contribution in [0.3, 0.4) is 0 Å². The molecule has 6 nitrogen and oxygen atoms in total. The fourth-order valence-corrected chi connectivity index (χ4v) is 4.67. The number of carboxylic acids is 1. The molecule has 0 aromatic carbocycles. The maximum absolute atomic E-state index is 12.0. The number of hydrogen-bond donors (Lipinski definition) is 3. The van der Waals surface area contributed by atoms with Gasteiger partial charge in [-0.05, 0) is 19.9 Å². The lowest BCUT2D eigenvalue weighted by Gasteiger charge is -2.44. The van der Waals surface area contributed by atoms with E-state index in [9.17, 15) is 19.8 Å². The molecule has 1 unspecified atom stereocenters. The number of thioether (sulfide) groups is 1. The molecule has 3 heterocycles. The second-order valence-corrected chi connectivity index (χ2v) is 6.95. The van der Waals surface area contributed by atoms with E-state index < -0.39 is 18.0 Å². The van der Waals surface area contributed by atoms with Crippen molar-refractivity contribution in [2.45, 2.75) is 37.2 Å². The van der Waals surface area contributed by atoms with Crippen LogP contribution < -0.4 is 5.32 Å². The van der Waals surface area contributed by atoms with Crippen LogP contribution in [0.25, 0.3) is 0 Å². The Morgan fingerprint density at radius 1 is 1.55 bits per heavy atom. The molecule has 0 aliphatic carbocycles. The zero-order chi connectivity index (χ0) is 14.4. The predicted octanol–water partition coefficient (Wildman–Crippen LogP) is -0.0108. The van der Waals surface area contributed by atoms with Gasteiger partial charge in [-0.25, -0.2) is 4.79 Å². The molecule has 2 fully saturated rings. The van der Waals surface area contributed by atoms with Crippen molar-refractivity contribution in [3.05, 3.63) is 10.6 Å². The quantitative estimate of drug-likeness (QED) is 0.633. The van der Waals surface area contributed by atoms with E-state index in [1.54, 1.807) is 18.7 Å². The highest BCUT2D eigenvalue weighted by atomic mass is 32.2. The standard InChI is InChI=1S/C13H18N2O4S/c1-6(16)10-8-4-9(20-7-2-3-14-5-7)11(13(18)19)15(8)12(10)17/h6-8,10,14,16H,2-5H2,1H3,(H,18,19)/t6?,7-,8+,10+/m1/s1. The summed E-state index contributed by atoms with van der Waals surface area (Å²) in [4.78, 5) is 25.6. The molecule has 0 aromatic heterocycles. The molecule has 0 aromatic rings. The number of nitrogens with one attached hydrogen (secondary N) is 1. The Balaban J connectivity index is 1.81. The lowest BCUT2D eigenvalue weighted by molar-refractivity contribution is -0.161. The van der Waals surface area contributed by atoms with E-state index in [0.717, 1.165) is 24.4 Å². The predicted molar refractivity (Wildman–Crippen MR) is 73.9 cm³/mol. The summed E-state index contributed by atoms with van der Waals surface area (Å²) in [7, 11) is 0. The highest BCUT2D eigenvalue weighted by Gasteiger charge is 2.56. The molecule has 3 rings (SSSR count). The number of carboxylic acid groups (broad SMARTS) is 1. The Morgan fingerprint density at radius 2 is 2.30 bits per heavy atom. The van der Waals surface area contributed by atoms with Gasteiger partial charge in [-0.3, -0.25) is 4.79 Å². The van der Waals surface area contributed by atoms with E-state index in [1.807, 2.05) is 0 Å². The lowest BCUT2D eigenvalue weighted by Crippen LogP contribution is -2.61. The number of β-lactam (4-membered cyclic amide) rings is 1. The van der Waals surface area contributed by atoms with Gasteiger partial charge in [0.2, 0.25) is 5.91 Å². The summed E-state index contributed by atoms with van der Waals surface area (Å²) in [5.74, 6) is -1.76. The van der Waals surface area contributed by atoms with E-state index in [2.05, 4.69) is 5.32 Å². The third-order valence-corrected chi connectivity index (χ3v) is 5.59. The molecule has 1 amide bonds. The molecule has 7 heteroatoms. The second kappa shape index (κ2) is 5.05. The number of rotatable bonds is 4. The zero-order valence-electron chi connectivity index (χ0n) is 11.2. The first-order chi connectivity index (χ1) is 9.50. The van der Waals surface area contributed by atoms with Gasteiger partial charge in [0.25, 0.3) is 0 Å². The fraction of sp³-hybridized carbons (Fsp3) is 0.692. The van der Waals surface area contributed by atoms with Crippen LogP contribution in [0.15, 0.2) is 10.6 Å². The largest absolute Gasteiger partial charge is 0.477 e. The minimum atomic E-state index is -1.04. The van der Waals surface area contributed by atoms with Gasteiger partial charge < -0.3 is 20.4 Å². The lowest BCUT2D eigenvalue weighted by atomic mass is 9.83. The van der Waals surface area contributed by atoms with Crippen molar-refractivity contribution in [3.63, 3.8) is 0 Å². The third kappa shape index (κ3) is 2.04. The van der Waals surface area contributed by atoms with Gasteiger partial charge in [0, 0.05) is 23.1 Å². The topological polar surface area (TPSA) is 89.9 Å². The van der Waals surface area contributed by atoms with Crippen LogP contribution in [0.4, 0.5) is 0 Å². The molecule has 0 saturated carbocycles. The van der Waals surface area contributed by atoms with Gasteiger partial charge in [0.15, 0.2) is 0 Å². The molecule has 3 aliphatic heterocycles. The zero-order valence-corrected chi connectivity index (χ0v) is 12.0. The van der Waals surface area contributed by atoms with Crippen LogP contribution >= 0.6 is 11.8 Å². The summed E-state index contributed by atoms with van der Waals surface area (Å²) in [6.07, 6.45) is 0.847. The molecular formula is C13H18N2O4S. The number of aliphatic hydroxyl groups is 1. The Labute approximate surface area is 121 Å². The number of hydrogen-bond acceptors (Lipinski definition) is 5. The monoisotopic (exact) mass is 298 g/mol. The average Bonchev–Trinajstić information content (AvgIpc) is 2.95. The van der Waals surface area contributed by atoms with Gasteiger partial charge in [-0.15, -0.1) is 11.8 Å². The number of aliphatic carboxylic acids is 1. The van der Waals surface area contributed by atoms with Crippen molar-refractivity contribution in [2.24, 2.45) is 5.92 Å². The first-order valence-corrected chi connectivity index (χ1v) is 7.73. The molecule has 20 heavy (non-hydrogen) atoms. The van der Waals surface area contributed by atoms with Crippen molar-refractivity contribution in [2.75, 3.05) is 13.1 Å². The summed E-state index contributed by atoms with van der Waals surface area (Å²) in [6.45, 7) is 3.42. The van der Waals surface area contributed by atoms with Crippen molar-refractivity contribution in [1.29, 1.82) is 0 Å². The first kappa shape index (κ1) is 13.9. The Kier molecular flexibility index (Phi) is 3.51. The van der Waals surface area contributed by atoms with Gasteiger partial charge in [-0.1, -0.05) is 0 Å². The Morgan fingerprint density at radius 3 is 2.85 bits per heavy atom. The Bertz CT molecular complexity index is 485. The van der Waals surface area contributed by atoms with E-state index in [4.69, 9.17) is 0 Å². The normalized spacial score (nSPS) is 34.2. The molecule has 0 radical (unpaired) electrons. The number of nitrogens with zero attached hydrogens (tertiary/aromatic N) is 1. The highest BCUT2D eigenvalue weighted by Crippen LogP contribution is 2.48. The van der Waals surface area contributed by atoms with Gasteiger partial charge >= 0.3 is 5.97 Å². The van der Waals surface area contributed by atoms with Crippen LogP contribution in [0.1, 0.15) is 19.8 Å². The number of carbonyl (C=O) groups is 2. The summed E-state index contributed by atoms with van der Waals surface area (Å²) in [5, 5.41) is 22.7. The number of amides is 1. The van der Waals surface area contributed by atoms with Crippen LogP contribution in [0.5, 0.6) is 0 Å². The number of carbonyl (C=O) groups excluding carboxylic acids is 1. The number of fused-ring (bicyclic) bond motifs is 1. The van der Waals surface area contributed by atoms with E-state index in [0.29, 0.717) is 11.7 Å². The van der Waals surface area contributed by atoms with Crippen LogP contribution in [-0.2, 0) is 9.59 Å². The average molecular weight is 298 g/mol. The second-order valence-electron chi connectivity index (χ2n) is 5.56. The van der Waals surface area contributed by atoms with E-state index >= 15 is 0 Å². The van der Waals surface area contributed by atoms with Crippen molar-refractivity contribution >= 4 is 23.6 Å². The summed E-state index contributed by atoms with van der Waals surface area (Å²) >= 11 is 1.58. The van der Waals surface area contributed by atoms with Crippen molar-refractivity contribution in [1.82, 2.24) is 10.2 Å². The van der Waals surface area contributed by atoms with Gasteiger partial charge in [0.05, 0.1) is 18.1 Å². The molecule has 4 atom stereocenters. The van der Waals surface area contributed by atoms with Crippen molar-refractivity contribution < 1.29 is 19.8 Å². The van der Waals surface area contributed by atoms with Gasteiger partial charge in [0.1, 0.15) is 5.70 Å². The fourth-order valence-electron chi connectivity index (χ4n) is 3.27. The molecule has 3 N–H and O–H groups in total. The van der Waals surface area contributed by atoms with Gasteiger partial charge in [-0.2, -0.15) is 0 Å². The molecule has 2 saturated heterocycles.